The van der Waals surface area contributed by atoms with Crippen molar-refractivity contribution in [1.82, 2.24) is 0 Å². The first-order chi connectivity index (χ1) is 21.9. The summed E-state index contributed by atoms with van der Waals surface area (Å²) in [7, 11) is 2.44. The topological polar surface area (TPSA) is 139 Å². The Morgan fingerprint density at radius 2 is 1.61 bits per heavy atom. The van der Waals surface area contributed by atoms with E-state index in [-0.39, 0.29) is 35.6 Å². The number of fused-ring (bicyclic) bond motifs is 4. The number of methoxy groups -OCH3 is 2. The third-order valence-corrected chi connectivity index (χ3v) is 9.76. The van der Waals surface area contributed by atoms with Crippen LogP contribution in [0.25, 0.3) is 0 Å². The van der Waals surface area contributed by atoms with Crippen LogP contribution in [-0.4, -0.2) is 65.5 Å². The van der Waals surface area contributed by atoms with Crippen molar-refractivity contribution in [3.05, 3.63) is 92.7 Å². The van der Waals surface area contributed by atoms with Crippen LogP contribution in [0.1, 0.15) is 53.9 Å². The zero-order valence-corrected chi connectivity index (χ0v) is 27.1. The van der Waals surface area contributed by atoms with E-state index in [4.69, 9.17) is 29.4 Å². The predicted molar refractivity (Wildman–Crippen MR) is 175 cm³/mol. The fourth-order valence-electron chi connectivity index (χ4n) is 7.06. The number of esters is 2. The maximum atomic E-state index is 14.1. The number of allylic oxidation sites excluding steroid dienone is 10. The van der Waals surface area contributed by atoms with E-state index in [0.717, 1.165) is 40.8 Å². The highest BCUT2D eigenvalue weighted by molar-refractivity contribution is 6.46. The Morgan fingerprint density at radius 1 is 0.957 bits per heavy atom. The molecular weight excluding hydrogens is 584 g/mol. The van der Waals surface area contributed by atoms with E-state index in [0.29, 0.717) is 40.5 Å². The smallest absolute Gasteiger partial charge is 0.351 e. The molecule has 0 spiro atoms. The van der Waals surface area contributed by atoms with Gasteiger partial charge >= 0.3 is 11.9 Å². The molecule has 1 saturated carbocycles. The van der Waals surface area contributed by atoms with Gasteiger partial charge in [0.15, 0.2) is 0 Å². The summed E-state index contributed by atoms with van der Waals surface area (Å²) in [5, 5.41) is 12.0. The Labute approximate surface area is 267 Å². The van der Waals surface area contributed by atoms with Gasteiger partial charge in [-0.2, -0.15) is 0 Å². The van der Waals surface area contributed by atoms with Crippen molar-refractivity contribution in [3.63, 3.8) is 0 Å². The molecule has 3 unspecified atom stereocenters. The molecule has 1 fully saturated rings. The molecule has 5 aliphatic heterocycles. The van der Waals surface area contributed by atoms with Gasteiger partial charge in [-0.25, -0.2) is 19.8 Å². The van der Waals surface area contributed by atoms with Crippen molar-refractivity contribution in [2.45, 2.75) is 59.5 Å². The lowest BCUT2D eigenvalue weighted by atomic mass is 9.82. The van der Waals surface area contributed by atoms with Crippen molar-refractivity contribution >= 4 is 40.6 Å². The van der Waals surface area contributed by atoms with E-state index in [1.54, 1.807) is 13.0 Å². The van der Waals surface area contributed by atoms with Crippen LogP contribution >= 0.6 is 0 Å². The highest BCUT2D eigenvalue weighted by atomic mass is 16.5. The first kappa shape index (κ1) is 31.2. The highest BCUT2D eigenvalue weighted by Crippen LogP contribution is 2.49. The molecule has 10 nitrogen and oxygen atoms in total. The van der Waals surface area contributed by atoms with Crippen LogP contribution in [-0.2, 0) is 23.9 Å². The Kier molecular flexibility index (Phi) is 7.59. The van der Waals surface area contributed by atoms with Crippen LogP contribution < -0.4 is 0 Å². The fourth-order valence-corrected chi connectivity index (χ4v) is 7.06. The Hall–Kier alpha value is -4.83. The van der Waals surface area contributed by atoms with Gasteiger partial charge in [-0.15, -0.1) is 0 Å². The van der Waals surface area contributed by atoms with E-state index in [1.807, 2.05) is 39.0 Å². The maximum Gasteiger partial charge on any atom is 0.351 e. The van der Waals surface area contributed by atoms with Crippen LogP contribution in [0, 0.1) is 11.8 Å². The van der Waals surface area contributed by atoms with Crippen molar-refractivity contribution in [2.24, 2.45) is 31.8 Å². The van der Waals surface area contributed by atoms with Gasteiger partial charge in [-0.05, 0) is 74.1 Å². The van der Waals surface area contributed by atoms with Gasteiger partial charge in [-0.3, -0.25) is 14.6 Å². The summed E-state index contributed by atoms with van der Waals surface area (Å²) in [6, 6.07) is 0. The first-order valence-electron chi connectivity index (χ1n) is 15.3. The number of hydrogen-bond acceptors (Lipinski definition) is 10. The molecule has 46 heavy (non-hydrogen) atoms. The highest BCUT2D eigenvalue weighted by Gasteiger charge is 2.62. The third-order valence-electron chi connectivity index (χ3n) is 9.76. The summed E-state index contributed by atoms with van der Waals surface area (Å²) in [5.74, 6) is -3.11. The van der Waals surface area contributed by atoms with E-state index in [2.05, 4.69) is 13.5 Å². The van der Waals surface area contributed by atoms with Crippen molar-refractivity contribution in [1.29, 1.82) is 0 Å². The van der Waals surface area contributed by atoms with Crippen LogP contribution in [0.5, 0.6) is 0 Å². The lowest BCUT2D eigenvalue weighted by Crippen LogP contribution is -2.46. The number of Topliss-reactive ketones (excluding diaryl/α,β-unsaturated/α-hetero) is 1. The van der Waals surface area contributed by atoms with Gasteiger partial charge in [0.25, 0.3) is 5.60 Å². The van der Waals surface area contributed by atoms with Crippen LogP contribution in [0.15, 0.2) is 113 Å². The number of hydrogen-bond donors (Lipinski definition) is 1. The quantitative estimate of drug-likeness (QED) is 0.329. The monoisotopic (exact) mass is 620 g/mol. The number of rotatable bonds is 6. The number of aliphatic imine (C=N–C) groups is 4. The van der Waals surface area contributed by atoms with E-state index in [9.17, 15) is 19.5 Å². The molecule has 0 aromatic rings. The van der Waals surface area contributed by atoms with Gasteiger partial charge < -0.3 is 14.6 Å². The number of nitrogens with zero attached hydrogens (tertiary/aromatic N) is 4. The average molecular weight is 621 g/mol. The molecular formula is C36H36N4O6. The van der Waals surface area contributed by atoms with E-state index in [1.165, 1.54) is 7.11 Å². The first-order valence-corrected chi connectivity index (χ1v) is 15.3. The molecule has 0 radical (unpaired) electrons. The second-order valence-corrected chi connectivity index (χ2v) is 12.1. The molecule has 0 saturated heterocycles. The molecule has 1 aliphatic carbocycles. The Bertz CT molecular complexity index is 1920. The van der Waals surface area contributed by atoms with Crippen molar-refractivity contribution in [2.75, 3.05) is 14.2 Å². The molecule has 6 aliphatic rings. The third kappa shape index (κ3) is 4.38. The lowest BCUT2D eigenvalue weighted by Gasteiger charge is -2.24. The van der Waals surface area contributed by atoms with Gasteiger partial charge in [0, 0.05) is 29.5 Å². The minimum Gasteiger partial charge on any atom is -0.469 e. The molecule has 236 valence electrons. The maximum absolute atomic E-state index is 14.1. The molecule has 6 rings (SSSR count). The summed E-state index contributed by atoms with van der Waals surface area (Å²) >= 11 is 0. The number of ether oxygens (including phenoxy) is 2. The van der Waals surface area contributed by atoms with Gasteiger partial charge in [-0.1, -0.05) is 26.5 Å². The van der Waals surface area contributed by atoms with Gasteiger partial charge in [0.05, 0.1) is 65.3 Å². The molecule has 10 heteroatoms. The minimum absolute atomic E-state index is 0.0182. The van der Waals surface area contributed by atoms with Gasteiger partial charge in [0.1, 0.15) is 0 Å². The molecule has 0 aromatic carbocycles. The summed E-state index contributed by atoms with van der Waals surface area (Å²) < 4.78 is 9.93. The molecule has 0 amide bonds. The molecule has 1 N–H and O–H groups in total. The summed E-state index contributed by atoms with van der Waals surface area (Å²) in [6.07, 6.45) is 8.52. The van der Waals surface area contributed by atoms with Crippen LogP contribution in [0.3, 0.4) is 0 Å². The molecule has 8 bridgehead atoms. The van der Waals surface area contributed by atoms with Gasteiger partial charge in [0.2, 0.25) is 5.78 Å². The lowest BCUT2D eigenvalue weighted by molar-refractivity contribution is -0.161. The average Bonchev–Trinajstić information content (AvgIpc) is 3.76. The van der Waals surface area contributed by atoms with E-state index >= 15 is 0 Å². The second kappa shape index (κ2) is 11.2. The summed E-state index contributed by atoms with van der Waals surface area (Å²) in [4.78, 5) is 59.5. The fraction of sp³-hybridized carbons (Fsp3) is 0.361. The Morgan fingerprint density at radius 3 is 2.26 bits per heavy atom. The summed E-state index contributed by atoms with van der Waals surface area (Å²) in [6.45, 7) is 13.8. The normalized spacial score (nSPS) is 26.6. The second-order valence-electron chi connectivity index (χ2n) is 12.1. The van der Waals surface area contributed by atoms with Crippen LogP contribution in [0.2, 0.25) is 0 Å². The minimum atomic E-state index is -2.66. The number of aliphatic hydroxyl groups is 1. The van der Waals surface area contributed by atoms with Crippen molar-refractivity contribution < 1.29 is 29.0 Å². The molecule has 3 atom stereocenters. The standard InChI is InChI=1S/C36H36N4O6/c1-9-20-16(3)23-13-25-18(5)22(11-12-29(41)45-7)32(39-25)31-33-30(34(42)36(31,44)35(43)46-8)19(6)26(40-33)15-28-21(10-2)17(4)24(38-28)14-27(20)37-23/h9,13-15,18,22,44H,1,10-12H2,2-8H3. The largest absolute Gasteiger partial charge is 0.469 e. The Balaban J connectivity index is 1.71. The number of ketones is 1. The summed E-state index contributed by atoms with van der Waals surface area (Å²) in [5.41, 5.74) is 6.28. The van der Waals surface area contributed by atoms with Crippen molar-refractivity contribution in [3.8, 4) is 0 Å². The zero-order chi connectivity index (χ0) is 33.2. The zero-order valence-electron chi connectivity index (χ0n) is 27.1. The number of carbonyl (C=O) groups excluding carboxylic acids is 3. The SMILES string of the molecule is C=CC1=C(C)C2=CC3=NC(=C4C5=NC(=CC6=NC(=CC1=N2)C(C)=C6CC)C(C)=C5C(=O)C4(O)C(=O)OC)C(CCC(=O)OC)C3C. The van der Waals surface area contributed by atoms with E-state index < -0.39 is 29.2 Å². The predicted octanol–water partition coefficient (Wildman–Crippen LogP) is 4.96. The number of carbonyl (C=O) groups is 3. The van der Waals surface area contributed by atoms with Crippen LogP contribution in [0.4, 0.5) is 0 Å². The molecule has 0 aromatic heterocycles. The molecule has 5 heterocycles.